The predicted molar refractivity (Wildman–Crippen MR) is 51.4 cm³/mol. The van der Waals surface area contributed by atoms with Crippen LogP contribution in [0.1, 0.15) is 25.7 Å². The highest BCUT2D eigenvalue weighted by atomic mass is 35.5. The quantitative estimate of drug-likeness (QED) is 0.467. The van der Waals surface area contributed by atoms with E-state index in [9.17, 15) is 9.59 Å². The molecule has 3 N–H and O–H groups in total. The fraction of sp³-hybridized carbons (Fsp3) is 0.750. The molecule has 76 valence electrons. The van der Waals surface area contributed by atoms with E-state index >= 15 is 0 Å². The van der Waals surface area contributed by atoms with E-state index in [4.69, 9.17) is 17.3 Å². The third kappa shape index (κ3) is 9.14. The van der Waals surface area contributed by atoms with Crippen molar-refractivity contribution < 1.29 is 9.59 Å². The molecular formula is C8H15ClN2O2. The molecule has 0 aromatic carbocycles. The zero-order chi connectivity index (χ0) is 10.1. The molecule has 5 heteroatoms. The van der Waals surface area contributed by atoms with Crippen molar-refractivity contribution in [3.8, 4) is 0 Å². The molecule has 0 aliphatic carbocycles. The largest absolute Gasteiger partial charge is 0.370 e. The molecule has 0 spiro atoms. The van der Waals surface area contributed by atoms with E-state index in [0.29, 0.717) is 38.1 Å². The first-order valence-electron chi connectivity index (χ1n) is 4.27. The molecule has 0 rings (SSSR count). The maximum absolute atomic E-state index is 11.0. The zero-order valence-corrected chi connectivity index (χ0v) is 8.27. The molecule has 0 radical (unpaired) electrons. The molecule has 0 unspecified atom stereocenters. The SMILES string of the molecule is NC(=O)CCCNC(=O)CCCCl. The summed E-state index contributed by atoms with van der Waals surface area (Å²) in [7, 11) is 0. The first kappa shape index (κ1) is 12.2. The van der Waals surface area contributed by atoms with Crippen molar-refractivity contribution in [1.29, 1.82) is 0 Å². The predicted octanol–water partition coefficient (Wildman–Crippen LogP) is 0.387. The van der Waals surface area contributed by atoms with E-state index in [1.165, 1.54) is 0 Å². The molecule has 0 fully saturated rings. The van der Waals surface area contributed by atoms with Crippen LogP contribution < -0.4 is 11.1 Å². The Hall–Kier alpha value is -0.770. The van der Waals surface area contributed by atoms with Crippen LogP contribution in [0.2, 0.25) is 0 Å². The molecule has 2 amide bonds. The second-order valence-electron chi connectivity index (χ2n) is 2.71. The number of hydrogen-bond donors (Lipinski definition) is 2. The van der Waals surface area contributed by atoms with E-state index in [1.807, 2.05) is 0 Å². The maximum Gasteiger partial charge on any atom is 0.220 e. The van der Waals surface area contributed by atoms with Crippen molar-refractivity contribution in [3.63, 3.8) is 0 Å². The standard InChI is InChI=1S/C8H15ClN2O2/c9-5-1-4-8(13)11-6-2-3-7(10)12/h1-6H2,(H2,10,12)(H,11,13). The lowest BCUT2D eigenvalue weighted by molar-refractivity contribution is -0.121. The van der Waals surface area contributed by atoms with Gasteiger partial charge in [0.05, 0.1) is 0 Å². The van der Waals surface area contributed by atoms with E-state index in [0.717, 1.165) is 0 Å². The van der Waals surface area contributed by atoms with Gasteiger partial charge in [-0.25, -0.2) is 0 Å². The van der Waals surface area contributed by atoms with Crippen molar-refractivity contribution in [2.45, 2.75) is 25.7 Å². The summed E-state index contributed by atoms with van der Waals surface area (Å²) in [5.41, 5.74) is 4.92. The number of nitrogens with one attached hydrogen (secondary N) is 1. The smallest absolute Gasteiger partial charge is 0.220 e. The van der Waals surface area contributed by atoms with Crippen LogP contribution in [0.25, 0.3) is 0 Å². The molecule has 0 atom stereocenters. The number of halogens is 1. The number of carbonyl (C=O) groups is 2. The number of rotatable bonds is 7. The van der Waals surface area contributed by atoms with Gasteiger partial charge in [0, 0.05) is 25.3 Å². The Labute approximate surface area is 82.8 Å². The Morgan fingerprint density at radius 3 is 2.46 bits per heavy atom. The van der Waals surface area contributed by atoms with Crippen LogP contribution in [0.4, 0.5) is 0 Å². The molecule has 0 heterocycles. The minimum absolute atomic E-state index is 0.0230. The van der Waals surface area contributed by atoms with E-state index in [1.54, 1.807) is 0 Å². The summed E-state index contributed by atoms with van der Waals surface area (Å²) in [5.74, 6) is 0.134. The van der Waals surface area contributed by atoms with Crippen LogP contribution in [0, 0.1) is 0 Å². The summed E-state index contributed by atoms with van der Waals surface area (Å²) in [6, 6.07) is 0. The Bertz CT molecular complexity index is 174. The van der Waals surface area contributed by atoms with Gasteiger partial charge in [0.1, 0.15) is 0 Å². The molecule has 13 heavy (non-hydrogen) atoms. The Morgan fingerprint density at radius 1 is 1.23 bits per heavy atom. The first-order chi connectivity index (χ1) is 6.16. The number of alkyl halides is 1. The van der Waals surface area contributed by atoms with E-state index in [2.05, 4.69) is 5.32 Å². The summed E-state index contributed by atoms with van der Waals surface area (Å²) in [6.07, 6.45) is 2.04. The lowest BCUT2D eigenvalue weighted by atomic mass is 10.3. The van der Waals surface area contributed by atoms with Crippen molar-refractivity contribution in [1.82, 2.24) is 5.32 Å². The molecule has 0 saturated carbocycles. The van der Waals surface area contributed by atoms with Crippen LogP contribution >= 0.6 is 11.6 Å². The van der Waals surface area contributed by atoms with Gasteiger partial charge in [0.2, 0.25) is 11.8 Å². The van der Waals surface area contributed by atoms with Gasteiger partial charge in [0.25, 0.3) is 0 Å². The molecule has 0 bridgehead atoms. The number of hydrogen-bond acceptors (Lipinski definition) is 2. The second-order valence-corrected chi connectivity index (χ2v) is 3.09. The van der Waals surface area contributed by atoms with Crippen LogP contribution in [0.3, 0.4) is 0 Å². The second kappa shape index (κ2) is 7.86. The summed E-state index contributed by atoms with van der Waals surface area (Å²) < 4.78 is 0. The minimum Gasteiger partial charge on any atom is -0.370 e. The van der Waals surface area contributed by atoms with Crippen LogP contribution in [-0.2, 0) is 9.59 Å². The van der Waals surface area contributed by atoms with Gasteiger partial charge in [-0.1, -0.05) is 0 Å². The van der Waals surface area contributed by atoms with Crippen molar-refractivity contribution >= 4 is 23.4 Å². The molecule has 0 aromatic heterocycles. The molecule has 0 aliphatic heterocycles. The number of primary amides is 1. The topological polar surface area (TPSA) is 72.2 Å². The normalized spacial score (nSPS) is 9.62. The highest BCUT2D eigenvalue weighted by Crippen LogP contribution is 1.92. The van der Waals surface area contributed by atoms with Gasteiger partial charge < -0.3 is 11.1 Å². The fourth-order valence-corrected chi connectivity index (χ4v) is 0.940. The first-order valence-corrected chi connectivity index (χ1v) is 4.81. The number of carbonyl (C=O) groups excluding carboxylic acids is 2. The Kier molecular flexibility index (Phi) is 7.39. The summed E-state index contributed by atoms with van der Waals surface area (Å²) >= 11 is 5.41. The van der Waals surface area contributed by atoms with E-state index in [-0.39, 0.29) is 11.8 Å². The Balaban J connectivity index is 3.22. The van der Waals surface area contributed by atoms with Crippen molar-refractivity contribution in [2.75, 3.05) is 12.4 Å². The molecule has 0 aliphatic rings. The lowest BCUT2D eigenvalue weighted by Crippen LogP contribution is -2.25. The summed E-state index contributed by atoms with van der Waals surface area (Å²) in [5, 5.41) is 2.67. The summed E-state index contributed by atoms with van der Waals surface area (Å²) in [6.45, 7) is 0.504. The molecule has 4 nitrogen and oxygen atoms in total. The van der Waals surface area contributed by atoms with Gasteiger partial charge >= 0.3 is 0 Å². The molecule has 0 aromatic rings. The minimum atomic E-state index is -0.338. The van der Waals surface area contributed by atoms with Gasteiger partial charge in [0.15, 0.2) is 0 Å². The highest BCUT2D eigenvalue weighted by molar-refractivity contribution is 6.17. The van der Waals surface area contributed by atoms with Gasteiger partial charge in [-0.05, 0) is 12.8 Å². The average molecular weight is 207 g/mol. The maximum atomic E-state index is 11.0. The van der Waals surface area contributed by atoms with Gasteiger partial charge in [-0.3, -0.25) is 9.59 Å². The van der Waals surface area contributed by atoms with Gasteiger partial charge in [-0.15, -0.1) is 11.6 Å². The number of amides is 2. The molecular weight excluding hydrogens is 192 g/mol. The van der Waals surface area contributed by atoms with Crippen molar-refractivity contribution in [2.24, 2.45) is 5.73 Å². The van der Waals surface area contributed by atoms with Crippen molar-refractivity contribution in [3.05, 3.63) is 0 Å². The number of nitrogens with two attached hydrogens (primary N) is 1. The highest BCUT2D eigenvalue weighted by Gasteiger charge is 1.99. The summed E-state index contributed by atoms with van der Waals surface area (Å²) in [4.78, 5) is 21.3. The van der Waals surface area contributed by atoms with Crippen LogP contribution in [0.5, 0.6) is 0 Å². The molecule has 0 saturated heterocycles. The Morgan fingerprint density at radius 2 is 1.92 bits per heavy atom. The average Bonchev–Trinajstić information content (AvgIpc) is 2.08. The zero-order valence-electron chi connectivity index (χ0n) is 7.51. The van der Waals surface area contributed by atoms with Crippen LogP contribution in [-0.4, -0.2) is 24.2 Å². The van der Waals surface area contributed by atoms with Gasteiger partial charge in [-0.2, -0.15) is 0 Å². The monoisotopic (exact) mass is 206 g/mol. The van der Waals surface area contributed by atoms with Crippen LogP contribution in [0.15, 0.2) is 0 Å². The fourth-order valence-electron chi connectivity index (χ4n) is 0.806. The lowest BCUT2D eigenvalue weighted by Gasteiger charge is -2.02. The third-order valence-electron chi connectivity index (χ3n) is 1.46. The third-order valence-corrected chi connectivity index (χ3v) is 1.73. The van der Waals surface area contributed by atoms with E-state index < -0.39 is 0 Å².